The molecule has 2 aromatic rings. The van der Waals surface area contributed by atoms with Gasteiger partial charge in [-0.25, -0.2) is 4.98 Å². The summed E-state index contributed by atoms with van der Waals surface area (Å²) in [5, 5.41) is 11.5. The Morgan fingerprint density at radius 1 is 1.47 bits per heavy atom. The number of carboxylic acid groups (broad SMARTS) is 1. The molecule has 0 radical (unpaired) electrons. The summed E-state index contributed by atoms with van der Waals surface area (Å²) in [6.45, 7) is 0. The molecule has 0 bridgehead atoms. The molecular weight excluding hydrogens is 262 g/mol. The summed E-state index contributed by atoms with van der Waals surface area (Å²) in [6.07, 6.45) is 1.41. The Morgan fingerprint density at radius 2 is 2.32 bits per heavy atom. The third kappa shape index (κ3) is 2.61. The number of aryl methyl sites for hydroxylation is 1. The summed E-state index contributed by atoms with van der Waals surface area (Å²) in [7, 11) is 0. The third-order valence-corrected chi connectivity index (χ3v) is 4.07. The normalized spacial score (nSPS) is 16.9. The number of rotatable bonds is 4. The lowest BCUT2D eigenvalue weighted by Gasteiger charge is -2.06. The second-order valence-electron chi connectivity index (χ2n) is 4.49. The summed E-state index contributed by atoms with van der Waals surface area (Å²) >= 11 is 1.54. The number of fused-ring (bicyclic) bond motifs is 1. The van der Waals surface area contributed by atoms with Crippen molar-refractivity contribution in [3.05, 3.63) is 45.9 Å². The van der Waals surface area contributed by atoms with Gasteiger partial charge in [0.05, 0.1) is 12.1 Å². The van der Waals surface area contributed by atoms with E-state index in [2.05, 4.69) is 11.1 Å². The van der Waals surface area contributed by atoms with Gasteiger partial charge in [-0.1, -0.05) is 18.2 Å². The molecule has 1 N–H and O–H groups in total. The number of aliphatic carboxylic acids is 1. The molecule has 0 amide bonds. The van der Waals surface area contributed by atoms with E-state index in [0.29, 0.717) is 6.42 Å². The van der Waals surface area contributed by atoms with Crippen LogP contribution in [0.5, 0.6) is 5.75 Å². The fraction of sp³-hybridized carbons (Fsp3) is 0.286. The Morgan fingerprint density at radius 3 is 3.11 bits per heavy atom. The summed E-state index contributed by atoms with van der Waals surface area (Å²) in [5.41, 5.74) is 2.04. The molecule has 19 heavy (non-hydrogen) atoms. The van der Waals surface area contributed by atoms with Crippen LogP contribution in [0.1, 0.15) is 28.8 Å². The number of para-hydroxylation sites is 1. The lowest BCUT2D eigenvalue weighted by Crippen LogP contribution is -2.03. The fourth-order valence-electron chi connectivity index (χ4n) is 2.14. The van der Waals surface area contributed by atoms with Crippen LogP contribution in [0.3, 0.4) is 0 Å². The van der Waals surface area contributed by atoms with E-state index < -0.39 is 5.97 Å². The Labute approximate surface area is 114 Å². The molecule has 98 valence electrons. The first-order valence-corrected chi connectivity index (χ1v) is 7.01. The summed E-state index contributed by atoms with van der Waals surface area (Å²) in [4.78, 5) is 15.0. The molecule has 1 unspecified atom stereocenters. The number of hydrogen-bond donors (Lipinski definition) is 1. The van der Waals surface area contributed by atoms with Gasteiger partial charge in [0.2, 0.25) is 0 Å². The number of ether oxygens (including phenoxy) is 1. The van der Waals surface area contributed by atoms with Crippen molar-refractivity contribution in [1.29, 1.82) is 0 Å². The number of aromatic nitrogens is 1. The monoisotopic (exact) mass is 275 g/mol. The number of hydrogen-bond acceptors (Lipinski definition) is 4. The van der Waals surface area contributed by atoms with Crippen molar-refractivity contribution >= 4 is 17.3 Å². The van der Waals surface area contributed by atoms with E-state index in [1.807, 2.05) is 23.6 Å². The Kier molecular flexibility index (Phi) is 3.21. The molecule has 1 aromatic carbocycles. The second-order valence-corrected chi connectivity index (χ2v) is 5.38. The summed E-state index contributed by atoms with van der Waals surface area (Å²) < 4.78 is 5.86. The molecular formula is C14H13NO3S. The Hall–Kier alpha value is -1.88. The molecule has 0 aliphatic carbocycles. The molecule has 1 aromatic heterocycles. The molecule has 3 rings (SSSR count). The van der Waals surface area contributed by atoms with Crippen molar-refractivity contribution in [2.24, 2.45) is 0 Å². The maximum atomic E-state index is 10.5. The predicted molar refractivity (Wildman–Crippen MR) is 71.6 cm³/mol. The first-order valence-electron chi connectivity index (χ1n) is 6.13. The summed E-state index contributed by atoms with van der Waals surface area (Å²) in [5.74, 6) is 0.133. The van der Waals surface area contributed by atoms with Crippen LogP contribution < -0.4 is 4.74 Å². The van der Waals surface area contributed by atoms with Crippen molar-refractivity contribution in [2.75, 3.05) is 0 Å². The fourth-order valence-corrected chi connectivity index (χ4v) is 3.02. The van der Waals surface area contributed by atoms with Gasteiger partial charge in [0.15, 0.2) is 6.10 Å². The zero-order valence-corrected chi connectivity index (χ0v) is 11.0. The van der Waals surface area contributed by atoms with Gasteiger partial charge in [0.25, 0.3) is 0 Å². The smallest absolute Gasteiger partial charge is 0.303 e. The molecule has 1 atom stereocenters. The maximum Gasteiger partial charge on any atom is 0.303 e. The standard InChI is InChI=1S/C14H13NO3S/c16-13(17)6-5-10-8-19-14(15-10)12-7-9-3-1-2-4-11(9)18-12/h1-4,8,12H,5-7H2,(H,16,17). The number of benzene rings is 1. The molecule has 5 heteroatoms. The minimum absolute atomic E-state index is 0.0269. The molecule has 0 saturated carbocycles. The predicted octanol–water partition coefficient (Wildman–Crippen LogP) is 2.84. The third-order valence-electron chi connectivity index (χ3n) is 3.09. The van der Waals surface area contributed by atoms with E-state index in [0.717, 1.165) is 22.9 Å². The molecule has 1 aliphatic heterocycles. The zero-order valence-electron chi connectivity index (χ0n) is 10.2. The Balaban J connectivity index is 1.70. The van der Waals surface area contributed by atoms with Crippen LogP contribution in [0.25, 0.3) is 0 Å². The number of carbonyl (C=O) groups is 1. The van der Waals surface area contributed by atoms with E-state index in [4.69, 9.17) is 9.84 Å². The lowest BCUT2D eigenvalue weighted by atomic mass is 10.1. The molecule has 4 nitrogen and oxygen atoms in total. The van der Waals surface area contributed by atoms with Crippen molar-refractivity contribution in [3.8, 4) is 5.75 Å². The van der Waals surface area contributed by atoms with Crippen molar-refractivity contribution in [1.82, 2.24) is 4.98 Å². The largest absolute Gasteiger partial charge is 0.483 e. The van der Waals surface area contributed by atoms with Crippen LogP contribution in [0.2, 0.25) is 0 Å². The minimum atomic E-state index is -0.793. The van der Waals surface area contributed by atoms with E-state index in [1.165, 1.54) is 5.56 Å². The highest BCUT2D eigenvalue weighted by Crippen LogP contribution is 2.37. The van der Waals surface area contributed by atoms with Crippen molar-refractivity contribution in [2.45, 2.75) is 25.4 Å². The minimum Gasteiger partial charge on any atom is -0.483 e. The van der Waals surface area contributed by atoms with E-state index in [1.54, 1.807) is 11.3 Å². The molecule has 0 spiro atoms. The molecule has 1 aliphatic rings. The topological polar surface area (TPSA) is 59.4 Å². The first kappa shape index (κ1) is 12.2. The second kappa shape index (κ2) is 5.01. The zero-order chi connectivity index (χ0) is 13.2. The highest BCUT2D eigenvalue weighted by molar-refractivity contribution is 7.09. The number of carboxylic acids is 1. The van der Waals surface area contributed by atoms with E-state index in [-0.39, 0.29) is 12.5 Å². The first-order chi connectivity index (χ1) is 9.22. The number of thiazole rings is 1. The SMILES string of the molecule is O=C(O)CCc1csc(C2Cc3ccccc3O2)n1. The number of nitrogens with zero attached hydrogens (tertiary/aromatic N) is 1. The quantitative estimate of drug-likeness (QED) is 0.932. The Bertz CT molecular complexity index is 583. The van der Waals surface area contributed by atoms with Crippen molar-refractivity contribution < 1.29 is 14.6 Å². The van der Waals surface area contributed by atoms with Crippen LogP contribution in [-0.2, 0) is 17.6 Å². The van der Waals surface area contributed by atoms with Crippen molar-refractivity contribution in [3.63, 3.8) is 0 Å². The maximum absolute atomic E-state index is 10.5. The van der Waals surface area contributed by atoms with Gasteiger partial charge in [0, 0.05) is 18.2 Å². The van der Waals surface area contributed by atoms with Gasteiger partial charge < -0.3 is 9.84 Å². The van der Waals surface area contributed by atoms with Crippen LogP contribution >= 0.6 is 11.3 Å². The van der Waals surface area contributed by atoms with Gasteiger partial charge in [0.1, 0.15) is 10.8 Å². The average Bonchev–Trinajstić information content (AvgIpc) is 3.02. The van der Waals surface area contributed by atoms with Gasteiger partial charge in [-0.2, -0.15) is 0 Å². The van der Waals surface area contributed by atoms with Gasteiger partial charge in [-0.3, -0.25) is 4.79 Å². The highest BCUT2D eigenvalue weighted by Gasteiger charge is 2.26. The van der Waals surface area contributed by atoms with Gasteiger partial charge >= 0.3 is 5.97 Å². The van der Waals surface area contributed by atoms with Crippen LogP contribution in [0.15, 0.2) is 29.6 Å². The van der Waals surface area contributed by atoms with Crippen LogP contribution in [0.4, 0.5) is 0 Å². The average molecular weight is 275 g/mol. The van der Waals surface area contributed by atoms with Crippen LogP contribution in [0, 0.1) is 0 Å². The van der Waals surface area contributed by atoms with Gasteiger partial charge in [-0.05, 0) is 11.6 Å². The summed E-state index contributed by atoms with van der Waals surface area (Å²) in [6, 6.07) is 7.99. The van der Waals surface area contributed by atoms with Gasteiger partial charge in [-0.15, -0.1) is 11.3 Å². The van der Waals surface area contributed by atoms with Crippen LogP contribution in [-0.4, -0.2) is 16.1 Å². The lowest BCUT2D eigenvalue weighted by molar-refractivity contribution is -0.136. The molecule has 0 saturated heterocycles. The molecule has 2 heterocycles. The highest BCUT2D eigenvalue weighted by atomic mass is 32.1. The molecule has 0 fully saturated rings. The van der Waals surface area contributed by atoms with E-state index in [9.17, 15) is 4.79 Å². The van der Waals surface area contributed by atoms with E-state index >= 15 is 0 Å².